The molecule has 1 fully saturated rings. The van der Waals surface area contributed by atoms with E-state index in [-0.39, 0.29) is 23.9 Å². The van der Waals surface area contributed by atoms with Crippen molar-refractivity contribution in [1.82, 2.24) is 20.0 Å². The second-order valence-corrected chi connectivity index (χ2v) is 7.18. The number of aryl methyl sites for hydroxylation is 1. The Balaban J connectivity index is 1.61. The molecule has 1 aliphatic heterocycles. The normalized spacial score (nSPS) is 16.7. The Hall–Kier alpha value is -3.48. The van der Waals surface area contributed by atoms with Crippen LogP contribution in [0.15, 0.2) is 59.4 Å². The molecule has 2 aromatic carbocycles. The Kier molecular flexibility index (Phi) is 5.12. The molecule has 0 radical (unpaired) electrons. The number of fused-ring (bicyclic) bond motifs is 1. The zero-order valence-corrected chi connectivity index (χ0v) is 16.2. The number of hydrogen-bond donors (Lipinski definition) is 1. The second-order valence-electron chi connectivity index (χ2n) is 7.18. The van der Waals surface area contributed by atoms with Crippen LogP contribution in [0.1, 0.15) is 11.3 Å². The van der Waals surface area contributed by atoms with Crippen molar-refractivity contribution in [3.8, 4) is 0 Å². The van der Waals surface area contributed by atoms with E-state index in [0.717, 1.165) is 10.9 Å². The van der Waals surface area contributed by atoms with Gasteiger partial charge in [0.1, 0.15) is 12.6 Å². The van der Waals surface area contributed by atoms with Crippen molar-refractivity contribution >= 4 is 22.6 Å². The Bertz CT molecular complexity index is 1120. The van der Waals surface area contributed by atoms with Crippen molar-refractivity contribution in [1.29, 1.82) is 0 Å². The van der Waals surface area contributed by atoms with Gasteiger partial charge in [-0.3, -0.25) is 14.4 Å². The van der Waals surface area contributed by atoms with E-state index in [1.807, 2.05) is 49.4 Å². The third-order valence-electron chi connectivity index (χ3n) is 5.26. The lowest BCUT2D eigenvalue weighted by Crippen LogP contribution is -2.58. The number of benzene rings is 2. The van der Waals surface area contributed by atoms with Crippen molar-refractivity contribution in [3.05, 3.63) is 76.2 Å². The largest absolute Gasteiger partial charge is 0.353 e. The molecule has 1 atom stereocenters. The fourth-order valence-corrected chi connectivity index (χ4v) is 3.78. The molecule has 3 aromatic rings. The maximum absolute atomic E-state index is 13.1. The minimum atomic E-state index is -0.601. The molecule has 2 heterocycles. The number of nitrogens with one attached hydrogen (secondary N) is 1. The molecule has 1 aliphatic rings. The van der Waals surface area contributed by atoms with Gasteiger partial charge in [0, 0.05) is 24.9 Å². The van der Waals surface area contributed by atoms with E-state index in [1.165, 1.54) is 4.68 Å². The first-order chi connectivity index (χ1) is 14.0. The van der Waals surface area contributed by atoms with Crippen LogP contribution in [-0.4, -0.2) is 45.6 Å². The smallest absolute Gasteiger partial charge is 0.275 e. The third kappa shape index (κ3) is 3.76. The predicted octanol–water partition coefficient (Wildman–Crippen LogP) is 1.27. The highest BCUT2D eigenvalue weighted by Crippen LogP contribution is 2.14. The zero-order valence-electron chi connectivity index (χ0n) is 16.2. The van der Waals surface area contributed by atoms with Gasteiger partial charge in [0.05, 0.1) is 11.1 Å². The summed E-state index contributed by atoms with van der Waals surface area (Å²) in [6, 6.07) is 16.2. The third-order valence-corrected chi connectivity index (χ3v) is 5.26. The number of aromatic nitrogens is 2. The van der Waals surface area contributed by atoms with Crippen LogP contribution in [0.4, 0.5) is 0 Å². The highest BCUT2D eigenvalue weighted by molar-refractivity contribution is 5.89. The molecule has 7 heteroatoms. The SMILES string of the molecule is Cc1nn(CC(=O)N2CCNC(=O)[C@H]2Cc2ccccc2)c(=O)c2ccccc12. The lowest BCUT2D eigenvalue weighted by Gasteiger charge is -2.35. The van der Waals surface area contributed by atoms with Crippen LogP contribution in [0.2, 0.25) is 0 Å². The van der Waals surface area contributed by atoms with Crippen LogP contribution >= 0.6 is 0 Å². The summed E-state index contributed by atoms with van der Waals surface area (Å²) >= 11 is 0. The van der Waals surface area contributed by atoms with Crippen LogP contribution in [0.25, 0.3) is 10.8 Å². The molecule has 1 N–H and O–H groups in total. The molecule has 2 amide bonds. The van der Waals surface area contributed by atoms with Gasteiger partial charge < -0.3 is 10.2 Å². The number of carbonyl (C=O) groups excluding carboxylic acids is 2. The first-order valence-corrected chi connectivity index (χ1v) is 9.62. The topological polar surface area (TPSA) is 84.3 Å². The number of carbonyl (C=O) groups is 2. The lowest BCUT2D eigenvalue weighted by molar-refractivity contribution is -0.143. The highest BCUT2D eigenvalue weighted by Gasteiger charge is 2.33. The summed E-state index contributed by atoms with van der Waals surface area (Å²) in [5.74, 6) is -0.464. The van der Waals surface area contributed by atoms with E-state index in [1.54, 1.807) is 17.0 Å². The Morgan fingerprint density at radius 2 is 1.76 bits per heavy atom. The molecular formula is C22H22N4O3. The van der Waals surface area contributed by atoms with E-state index < -0.39 is 6.04 Å². The van der Waals surface area contributed by atoms with Gasteiger partial charge in [-0.2, -0.15) is 5.10 Å². The summed E-state index contributed by atoms with van der Waals surface area (Å²) < 4.78 is 1.20. The standard InChI is InChI=1S/C22H22N4O3/c1-15-17-9-5-6-10-18(17)22(29)26(24-15)14-20(27)25-12-11-23-21(28)19(25)13-16-7-3-2-4-8-16/h2-10,19H,11-14H2,1H3,(H,23,28)/t19-/m1/s1. The molecule has 0 saturated carbocycles. The zero-order chi connectivity index (χ0) is 20.4. The molecule has 1 aromatic heterocycles. The predicted molar refractivity (Wildman–Crippen MR) is 109 cm³/mol. The van der Waals surface area contributed by atoms with E-state index in [9.17, 15) is 14.4 Å². The number of piperazine rings is 1. The average Bonchev–Trinajstić information content (AvgIpc) is 2.74. The quantitative estimate of drug-likeness (QED) is 0.727. The van der Waals surface area contributed by atoms with Gasteiger partial charge in [-0.25, -0.2) is 4.68 Å². The summed E-state index contributed by atoms with van der Waals surface area (Å²) in [6.07, 6.45) is 0.428. The summed E-state index contributed by atoms with van der Waals surface area (Å²) in [5.41, 5.74) is 1.36. The number of amides is 2. The van der Waals surface area contributed by atoms with E-state index in [0.29, 0.717) is 30.6 Å². The van der Waals surface area contributed by atoms with Crippen molar-refractivity contribution in [3.63, 3.8) is 0 Å². The van der Waals surface area contributed by atoms with Gasteiger partial charge in [-0.15, -0.1) is 0 Å². The van der Waals surface area contributed by atoms with Gasteiger partial charge >= 0.3 is 0 Å². The molecule has 4 rings (SSSR count). The van der Waals surface area contributed by atoms with E-state index in [4.69, 9.17) is 0 Å². The van der Waals surface area contributed by atoms with Crippen LogP contribution in [-0.2, 0) is 22.6 Å². The molecule has 1 saturated heterocycles. The fraction of sp³-hybridized carbons (Fsp3) is 0.273. The summed E-state index contributed by atoms with van der Waals surface area (Å²) in [7, 11) is 0. The number of nitrogens with zero attached hydrogens (tertiary/aromatic N) is 3. The summed E-state index contributed by atoms with van der Waals surface area (Å²) in [4.78, 5) is 39.9. The Labute approximate surface area is 167 Å². The first-order valence-electron chi connectivity index (χ1n) is 9.62. The van der Waals surface area contributed by atoms with Crippen LogP contribution in [0, 0.1) is 6.92 Å². The molecule has 29 heavy (non-hydrogen) atoms. The minimum Gasteiger partial charge on any atom is -0.353 e. The summed E-state index contributed by atoms with van der Waals surface area (Å²) in [5, 5.41) is 8.46. The van der Waals surface area contributed by atoms with Crippen LogP contribution in [0.5, 0.6) is 0 Å². The van der Waals surface area contributed by atoms with Crippen molar-refractivity contribution in [2.45, 2.75) is 25.9 Å². The van der Waals surface area contributed by atoms with Crippen molar-refractivity contribution in [2.24, 2.45) is 0 Å². The van der Waals surface area contributed by atoms with Gasteiger partial charge in [0.25, 0.3) is 5.56 Å². The summed E-state index contributed by atoms with van der Waals surface area (Å²) in [6.45, 7) is 2.43. The van der Waals surface area contributed by atoms with Gasteiger partial charge in [-0.1, -0.05) is 48.5 Å². The first kappa shape index (κ1) is 18.9. The van der Waals surface area contributed by atoms with Gasteiger partial charge in [-0.05, 0) is 18.6 Å². The molecule has 0 unspecified atom stereocenters. The minimum absolute atomic E-state index is 0.177. The van der Waals surface area contributed by atoms with Crippen LogP contribution < -0.4 is 10.9 Å². The molecule has 7 nitrogen and oxygen atoms in total. The van der Waals surface area contributed by atoms with Crippen LogP contribution in [0.3, 0.4) is 0 Å². The Morgan fingerprint density at radius 3 is 2.52 bits per heavy atom. The maximum Gasteiger partial charge on any atom is 0.275 e. The monoisotopic (exact) mass is 390 g/mol. The number of rotatable bonds is 4. The van der Waals surface area contributed by atoms with Crippen molar-refractivity contribution in [2.75, 3.05) is 13.1 Å². The van der Waals surface area contributed by atoms with Crippen molar-refractivity contribution < 1.29 is 9.59 Å². The molecule has 0 spiro atoms. The average molecular weight is 390 g/mol. The maximum atomic E-state index is 13.1. The molecule has 0 bridgehead atoms. The molecular weight excluding hydrogens is 368 g/mol. The highest BCUT2D eigenvalue weighted by atomic mass is 16.2. The van der Waals surface area contributed by atoms with Gasteiger partial charge in [0.15, 0.2) is 0 Å². The lowest BCUT2D eigenvalue weighted by atomic mass is 10.0. The van der Waals surface area contributed by atoms with E-state index >= 15 is 0 Å². The van der Waals surface area contributed by atoms with Gasteiger partial charge in [0.2, 0.25) is 11.8 Å². The number of hydrogen-bond acceptors (Lipinski definition) is 4. The molecule has 148 valence electrons. The van der Waals surface area contributed by atoms with E-state index in [2.05, 4.69) is 10.4 Å². The molecule has 0 aliphatic carbocycles. The Morgan fingerprint density at radius 1 is 1.07 bits per heavy atom. The second kappa shape index (κ2) is 7.87. The fourth-order valence-electron chi connectivity index (χ4n) is 3.78.